The number of hydrogen-bond acceptors (Lipinski definition) is 4. The third-order valence-electron chi connectivity index (χ3n) is 3.91. The van der Waals surface area contributed by atoms with Crippen LogP contribution in [0.25, 0.3) is 0 Å². The highest BCUT2D eigenvalue weighted by atomic mass is 16.6. The molecule has 0 saturated heterocycles. The second kappa shape index (κ2) is 5.67. The molecule has 5 heteroatoms. The molecule has 1 aromatic rings. The van der Waals surface area contributed by atoms with E-state index in [-0.39, 0.29) is 16.7 Å². The topological polar surface area (TPSA) is 75.4 Å². The maximum Gasteiger partial charge on any atom is 0.269 e. The molecule has 2 N–H and O–H groups in total. The fourth-order valence-corrected chi connectivity index (χ4v) is 2.38. The SMILES string of the molecule is C[C@H](NCCC1(O)CCC1)c1cccc([N+](=O)[O-])c1. The Hall–Kier alpha value is -1.46. The van der Waals surface area contributed by atoms with E-state index < -0.39 is 5.60 Å². The second-order valence-electron chi connectivity index (χ2n) is 5.36. The smallest absolute Gasteiger partial charge is 0.269 e. The molecule has 0 heterocycles. The first kappa shape index (κ1) is 14.0. The lowest BCUT2D eigenvalue weighted by atomic mass is 9.78. The predicted molar refractivity (Wildman–Crippen MR) is 72.9 cm³/mol. The van der Waals surface area contributed by atoms with Gasteiger partial charge in [0.15, 0.2) is 0 Å². The summed E-state index contributed by atoms with van der Waals surface area (Å²) in [6.07, 6.45) is 3.63. The number of nitrogens with one attached hydrogen (secondary N) is 1. The highest BCUT2D eigenvalue weighted by molar-refractivity contribution is 5.35. The molecule has 0 aromatic heterocycles. The standard InChI is InChI=1S/C14H20N2O3/c1-11(15-9-8-14(17)6-3-7-14)12-4-2-5-13(10-12)16(18)19/h2,4-5,10-11,15,17H,3,6-9H2,1H3/t11-/m0/s1. The lowest BCUT2D eigenvalue weighted by Gasteiger charge is -2.37. The van der Waals surface area contributed by atoms with Crippen molar-refractivity contribution in [1.82, 2.24) is 5.32 Å². The van der Waals surface area contributed by atoms with Crippen molar-refractivity contribution >= 4 is 5.69 Å². The number of hydrogen-bond donors (Lipinski definition) is 2. The molecule has 1 aliphatic rings. The lowest BCUT2D eigenvalue weighted by molar-refractivity contribution is -0.384. The van der Waals surface area contributed by atoms with Crippen molar-refractivity contribution in [2.45, 2.75) is 44.2 Å². The van der Waals surface area contributed by atoms with Gasteiger partial charge in [0.1, 0.15) is 0 Å². The Morgan fingerprint density at radius 3 is 2.84 bits per heavy atom. The Balaban J connectivity index is 1.86. The number of nitro benzene ring substituents is 1. The Bertz CT molecular complexity index is 458. The summed E-state index contributed by atoms with van der Waals surface area (Å²) in [4.78, 5) is 10.3. The van der Waals surface area contributed by atoms with E-state index in [9.17, 15) is 15.2 Å². The molecule has 0 bridgehead atoms. The molecule has 0 spiro atoms. The molecule has 0 unspecified atom stereocenters. The van der Waals surface area contributed by atoms with Crippen molar-refractivity contribution in [2.75, 3.05) is 6.54 Å². The first-order chi connectivity index (χ1) is 9.00. The number of non-ortho nitro benzene ring substituents is 1. The number of aliphatic hydroxyl groups is 1. The predicted octanol–water partition coefficient (Wildman–Crippen LogP) is 2.55. The zero-order valence-corrected chi connectivity index (χ0v) is 11.1. The summed E-state index contributed by atoms with van der Waals surface area (Å²) >= 11 is 0. The normalized spacial score (nSPS) is 18.6. The average molecular weight is 264 g/mol. The Kier molecular flexibility index (Phi) is 4.17. The van der Waals surface area contributed by atoms with E-state index in [1.54, 1.807) is 12.1 Å². The molecule has 5 nitrogen and oxygen atoms in total. The van der Waals surface area contributed by atoms with Gasteiger partial charge >= 0.3 is 0 Å². The molecular formula is C14H20N2O3. The van der Waals surface area contributed by atoms with Crippen molar-refractivity contribution in [2.24, 2.45) is 0 Å². The van der Waals surface area contributed by atoms with Crippen LogP contribution in [0.3, 0.4) is 0 Å². The highest BCUT2D eigenvalue weighted by Crippen LogP contribution is 2.34. The van der Waals surface area contributed by atoms with Crippen molar-refractivity contribution < 1.29 is 10.0 Å². The maximum atomic E-state index is 10.7. The molecule has 0 amide bonds. The van der Waals surface area contributed by atoms with Crippen molar-refractivity contribution in [3.05, 3.63) is 39.9 Å². The summed E-state index contributed by atoms with van der Waals surface area (Å²) in [7, 11) is 0. The fraction of sp³-hybridized carbons (Fsp3) is 0.571. The van der Waals surface area contributed by atoms with Crippen LogP contribution in [0, 0.1) is 10.1 Å². The summed E-state index contributed by atoms with van der Waals surface area (Å²) in [6.45, 7) is 2.70. The first-order valence-electron chi connectivity index (χ1n) is 6.70. The van der Waals surface area contributed by atoms with Gasteiger partial charge in [0.25, 0.3) is 5.69 Å². The molecule has 1 saturated carbocycles. The van der Waals surface area contributed by atoms with Crippen LogP contribution in [0.5, 0.6) is 0 Å². The van der Waals surface area contributed by atoms with Crippen LogP contribution in [0.1, 0.15) is 44.2 Å². The molecule has 104 valence electrons. The van der Waals surface area contributed by atoms with Gasteiger partial charge in [0.05, 0.1) is 10.5 Å². The van der Waals surface area contributed by atoms with Gasteiger partial charge < -0.3 is 10.4 Å². The van der Waals surface area contributed by atoms with Crippen LogP contribution in [0.4, 0.5) is 5.69 Å². The van der Waals surface area contributed by atoms with Crippen LogP contribution in [0.15, 0.2) is 24.3 Å². The Morgan fingerprint density at radius 1 is 1.53 bits per heavy atom. The molecule has 2 rings (SSSR count). The Labute approximate surface area is 112 Å². The molecule has 1 atom stereocenters. The Morgan fingerprint density at radius 2 is 2.26 bits per heavy atom. The molecule has 1 fully saturated rings. The van der Waals surface area contributed by atoms with Crippen molar-refractivity contribution in [3.8, 4) is 0 Å². The summed E-state index contributed by atoms with van der Waals surface area (Å²) < 4.78 is 0. The highest BCUT2D eigenvalue weighted by Gasteiger charge is 2.33. The van der Waals surface area contributed by atoms with Crippen molar-refractivity contribution in [1.29, 1.82) is 0 Å². The summed E-state index contributed by atoms with van der Waals surface area (Å²) in [5, 5.41) is 24.0. The minimum absolute atomic E-state index is 0.0450. The molecular weight excluding hydrogens is 244 g/mol. The number of nitro groups is 1. The third-order valence-corrected chi connectivity index (χ3v) is 3.91. The van der Waals surface area contributed by atoms with Crippen LogP contribution < -0.4 is 5.32 Å². The van der Waals surface area contributed by atoms with Crippen LogP contribution in [-0.4, -0.2) is 22.2 Å². The van der Waals surface area contributed by atoms with E-state index in [0.717, 1.165) is 37.8 Å². The van der Waals surface area contributed by atoms with Gasteiger partial charge in [0, 0.05) is 18.2 Å². The van der Waals surface area contributed by atoms with Gasteiger partial charge in [-0.3, -0.25) is 10.1 Å². The molecule has 1 aromatic carbocycles. The monoisotopic (exact) mass is 264 g/mol. The van der Waals surface area contributed by atoms with Gasteiger partial charge in [-0.2, -0.15) is 0 Å². The third kappa shape index (κ3) is 3.52. The summed E-state index contributed by atoms with van der Waals surface area (Å²) in [5.74, 6) is 0. The number of nitrogens with zero attached hydrogens (tertiary/aromatic N) is 1. The van der Waals surface area contributed by atoms with E-state index in [4.69, 9.17) is 0 Å². The zero-order chi connectivity index (χ0) is 13.9. The molecule has 0 aliphatic heterocycles. The second-order valence-corrected chi connectivity index (χ2v) is 5.36. The molecule has 0 radical (unpaired) electrons. The lowest BCUT2D eigenvalue weighted by Crippen LogP contribution is -2.39. The van der Waals surface area contributed by atoms with Crippen LogP contribution in [0.2, 0.25) is 0 Å². The number of rotatable bonds is 6. The largest absolute Gasteiger partial charge is 0.390 e. The van der Waals surface area contributed by atoms with Crippen molar-refractivity contribution in [3.63, 3.8) is 0 Å². The first-order valence-corrected chi connectivity index (χ1v) is 6.70. The maximum absolute atomic E-state index is 10.7. The van der Waals surface area contributed by atoms with Gasteiger partial charge in [0.2, 0.25) is 0 Å². The summed E-state index contributed by atoms with van der Waals surface area (Å²) in [6, 6.07) is 6.71. The minimum Gasteiger partial charge on any atom is -0.390 e. The van der Waals surface area contributed by atoms with Gasteiger partial charge in [-0.25, -0.2) is 0 Å². The van der Waals surface area contributed by atoms with Crippen LogP contribution >= 0.6 is 0 Å². The van der Waals surface area contributed by atoms with E-state index in [1.807, 2.05) is 13.0 Å². The fourth-order valence-electron chi connectivity index (χ4n) is 2.38. The van der Waals surface area contributed by atoms with Gasteiger partial charge in [-0.15, -0.1) is 0 Å². The van der Waals surface area contributed by atoms with E-state index in [0.29, 0.717) is 0 Å². The molecule has 19 heavy (non-hydrogen) atoms. The van der Waals surface area contributed by atoms with E-state index in [2.05, 4.69) is 5.32 Å². The molecule has 1 aliphatic carbocycles. The quantitative estimate of drug-likeness (QED) is 0.611. The van der Waals surface area contributed by atoms with Crippen LogP contribution in [-0.2, 0) is 0 Å². The van der Waals surface area contributed by atoms with Gasteiger partial charge in [-0.1, -0.05) is 12.1 Å². The zero-order valence-electron chi connectivity index (χ0n) is 11.1. The van der Waals surface area contributed by atoms with Gasteiger partial charge in [-0.05, 0) is 44.7 Å². The van der Waals surface area contributed by atoms with E-state index in [1.165, 1.54) is 6.07 Å². The summed E-state index contributed by atoms with van der Waals surface area (Å²) in [5.41, 5.74) is 0.536. The average Bonchev–Trinajstić information content (AvgIpc) is 2.36. The number of benzene rings is 1. The van der Waals surface area contributed by atoms with E-state index >= 15 is 0 Å². The minimum atomic E-state index is -0.477.